The quantitative estimate of drug-likeness (QED) is 0.653. The Balaban J connectivity index is 1.69. The molecule has 164 valence electrons. The van der Waals surface area contributed by atoms with E-state index in [4.69, 9.17) is 9.84 Å². The van der Waals surface area contributed by atoms with E-state index in [2.05, 4.69) is 11.4 Å². The van der Waals surface area contributed by atoms with Crippen LogP contribution in [0.15, 0.2) is 24.3 Å². The highest BCUT2D eigenvalue weighted by Crippen LogP contribution is 2.37. The van der Waals surface area contributed by atoms with E-state index in [1.165, 1.54) is 11.3 Å². The summed E-state index contributed by atoms with van der Waals surface area (Å²) >= 11 is 1.36. The van der Waals surface area contributed by atoms with Crippen LogP contribution in [0.1, 0.15) is 54.2 Å². The van der Waals surface area contributed by atoms with E-state index in [1.54, 1.807) is 4.90 Å². The highest BCUT2D eigenvalue weighted by atomic mass is 32.1. The summed E-state index contributed by atoms with van der Waals surface area (Å²) in [6.45, 7) is 5.24. The summed E-state index contributed by atoms with van der Waals surface area (Å²) < 4.78 is 5.54. The number of nitrogens with one attached hydrogen (secondary N) is 1. The molecule has 2 amide bonds. The Labute approximate surface area is 186 Å². The maximum Gasteiger partial charge on any atom is 0.225 e. The molecule has 0 radical (unpaired) electrons. The average molecular weight is 442 g/mol. The third kappa shape index (κ3) is 5.43. The normalized spacial score (nSPS) is 13.8. The first-order chi connectivity index (χ1) is 15.0. The van der Waals surface area contributed by atoms with Crippen LogP contribution in [0.2, 0.25) is 0 Å². The summed E-state index contributed by atoms with van der Waals surface area (Å²) in [5.41, 5.74) is 2.42. The van der Waals surface area contributed by atoms with Crippen LogP contribution in [0.3, 0.4) is 0 Å². The number of hydrogen-bond acceptors (Lipinski definition) is 6. The highest BCUT2D eigenvalue weighted by molar-refractivity contribution is 7.16. The predicted octanol–water partition coefficient (Wildman–Crippen LogP) is 3.42. The van der Waals surface area contributed by atoms with Gasteiger partial charge in [-0.15, -0.1) is 11.3 Å². The second-order valence-corrected chi connectivity index (χ2v) is 8.62. The van der Waals surface area contributed by atoms with Crippen molar-refractivity contribution < 1.29 is 19.4 Å². The molecule has 0 saturated carbocycles. The van der Waals surface area contributed by atoms with Crippen molar-refractivity contribution >= 4 is 28.2 Å². The second-order valence-electron chi connectivity index (χ2n) is 7.52. The van der Waals surface area contributed by atoms with E-state index < -0.39 is 0 Å². The standard InChI is InChI=1S/C23H27N3O4S/c1-3-30-17-6-4-5-16(12-17)15(2)11-21(28)25-23-19(13-24)18-7-9-26(14-20(18)31-23)22(29)8-10-27/h4-6,12,15,27H,3,7-11,14H2,1-2H3,(H,25,28)/t15-/m0/s1. The Hall–Kier alpha value is -2.89. The molecule has 0 fully saturated rings. The largest absolute Gasteiger partial charge is 0.494 e. The number of aliphatic hydroxyl groups excluding tert-OH is 1. The van der Waals surface area contributed by atoms with E-state index in [0.29, 0.717) is 36.7 Å². The van der Waals surface area contributed by atoms with Crippen LogP contribution in [-0.2, 0) is 22.6 Å². The van der Waals surface area contributed by atoms with Crippen molar-refractivity contribution in [2.24, 2.45) is 0 Å². The fraction of sp³-hybridized carbons (Fsp3) is 0.435. The zero-order valence-electron chi connectivity index (χ0n) is 17.8. The van der Waals surface area contributed by atoms with Gasteiger partial charge in [-0.3, -0.25) is 9.59 Å². The van der Waals surface area contributed by atoms with E-state index >= 15 is 0 Å². The number of anilines is 1. The molecule has 3 rings (SSSR count). The molecule has 1 aromatic heterocycles. The lowest BCUT2D eigenvalue weighted by molar-refractivity contribution is -0.132. The maximum absolute atomic E-state index is 12.7. The average Bonchev–Trinajstić information content (AvgIpc) is 3.10. The van der Waals surface area contributed by atoms with Crippen LogP contribution in [0.4, 0.5) is 5.00 Å². The number of carbonyl (C=O) groups is 2. The molecule has 2 N–H and O–H groups in total. The van der Waals surface area contributed by atoms with Gasteiger partial charge in [0.15, 0.2) is 0 Å². The third-order valence-corrected chi connectivity index (χ3v) is 6.46. The van der Waals surface area contributed by atoms with Crippen LogP contribution in [0.5, 0.6) is 5.75 Å². The molecule has 1 atom stereocenters. The van der Waals surface area contributed by atoms with E-state index in [-0.39, 0.29) is 37.2 Å². The van der Waals surface area contributed by atoms with Crippen molar-refractivity contribution in [1.29, 1.82) is 5.26 Å². The van der Waals surface area contributed by atoms with Gasteiger partial charge in [0, 0.05) is 24.3 Å². The molecule has 31 heavy (non-hydrogen) atoms. The fourth-order valence-electron chi connectivity index (χ4n) is 3.73. The number of aliphatic hydroxyl groups is 1. The molecular weight excluding hydrogens is 414 g/mol. The van der Waals surface area contributed by atoms with Crippen LogP contribution in [0.25, 0.3) is 0 Å². The Morgan fingerprint density at radius 3 is 2.94 bits per heavy atom. The van der Waals surface area contributed by atoms with Crippen molar-refractivity contribution in [3.05, 3.63) is 45.8 Å². The van der Waals surface area contributed by atoms with Crippen molar-refractivity contribution in [2.75, 3.05) is 25.1 Å². The first-order valence-corrected chi connectivity index (χ1v) is 11.2. The number of nitrogens with zero attached hydrogens (tertiary/aromatic N) is 2. The molecule has 1 aliphatic heterocycles. The number of fused-ring (bicyclic) bond motifs is 1. The molecule has 0 unspecified atom stereocenters. The van der Waals surface area contributed by atoms with Gasteiger partial charge < -0.3 is 20.1 Å². The number of ether oxygens (including phenoxy) is 1. The Bertz CT molecular complexity index is 995. The minimum atomic E-state index is -0.178. The van der Waals surface area contributed by atoms with Gasteiger partial charge in [0.25, 0.3) is 0 Å². The lowest BCUT2D eigenvalue weighted by Gasteiger charge is -2.26. The zero-order valence-corrected chi connectivity index (χ0v) is 18.6. The minimum Gasteiger partial charge on any atom is -0.494 e. The van der Waals surface area contributed by atoms with Crippen LogP contribution < -0.4 is 10.1 Å². The van der Waals surface area contributed by atoms with Crippen LogP contribution in [0, 0.1) is 11.3 Å². The minimum absolute atomic E-state index is 0.00729. The van der Waals surface area contributed by atoms with Crippen molar-refractivity contribution in [1.82, 2.24) is 4.90 Å². The van der Waals surface area contributed by atoms with Crippen LogP contribution in [-0.4, -0.2) is 41.6 Å². The molecule has 1 aromatic carbocycles. The summed E-state index contributed by atoms with van der Waals surface area (Å²) in [6.07, 6.45) is 0.949. The zero-order chi connectivity index (χ0) is 22.4. The van der Waals surface area contributed by atoms with E-state index in [0.717, 1.165) is 21.8 Å². The van der Waals surface area contributed by atoms with Crippen molar-refractivity contribution in [3.63, 3.8) is 0 Å². The number of nitriles is 1. The molecule has 0 aliphatic carbocycles. The summed E-state index contributed by atoms with van der Waals surface area (Å²) in [5.74, 6) is 0.517. The molecule has 0 spiro atoms. The van der Waals surface area contributed by atoms with Crippen molar-refractivity contribution in [3.8, 4) is 11.8 Å². The van der Waals surface area contributed by atoms with Gasteiger partial charge >= 0.3 is 0 Å². The number of hydrogen-bond donors (Lipinski definition) is 2. The Morgan fingerprint density at radius 2 is 2.23 bits per heavy atom. The molecule has 7 nitrogen and oxygen atoms in total. The molecular formula is C23H27N3O4S. The van der Waals surface area contributed by atoms with Crippen molar-refractivity contribution in [2.45, 2.75) is 45.6 Å². The summed E-state index contributed by atoms with van der Waals surface area (Å²) in [6, 6.07) is 9.95. The SMILES string of the molecule is CCOc1cccc([C@@H](C)CC(=O)Nc2sc3c(c2C#N)CCN(C(=O)CCO)C3)c1. The molecule has 8 heteroatoms. The van der Waals surface area contributed by atoms with Crippen LogP contribution >= 0.6 is 11.3 Å². The molecule has 2 heterocycles. The first kappa shape index (κ1) is 22.8. The smallest absolute Gasteiger partial charge is 0.225 e. The summed E-state index contributed by atoms with van der Waals surface area (Å²) in [4.78, 5) is 27.4. The fourth-order valence-corrected chi connectivity index (χ4v) is 4.96. The molecule has 2 aromatic rings. The van der Waals surface area contributed by atoms with E-state index in [1.807, 2.05) is 38.1 Å². The van der Waals surface area contributed by atoms with Gasteiger partial charge in [0.05, 0.1) is 25.3 Å². The van der Waals surface area contributed by atoms with Gasteiger partial charge in [0.2, 0.25) is 11.8 Å². The number of benzene rings is 1. The summed E-state index contributed by atoms with van der Waals surface area (Å²) in [7, 11) is 0. The summed E-state index contributed by atoms with van der Waals surface area (Å²) in [5, 5.41) is 22.1. The molecule has 0 bridgehead atoms. The first-order valence-electron chi connectivity index (χ1n) is 10.4. The van der Waals surface area contributed by atoms with Gasteiger partial charge in [-0.1, -0.05) is 19.1 Å². The predicted molar refractivity (Wildman–Crippen MR) is 119 cm³/mol. The Morgan fingerprint density at radius 1 is 1.42 bits per heavy atom. The second kappa shape index (κ2) is 10.4. The van der Waals surface area contributed by atoms with Gasteiger partial charge in [-0.2, -0.15) is 5.26 Å². The van der Waals surface area contributed by atoms with E-state index in [9.17, 15) is 14.9 Å². The topological polar surface area (TPSA) is 103 Å². The number of thiophene rings is 1. The van der Waals surface area contributed by atoms with Gasteiger partial charge in [0.1, 0.15) is 16.8 Å². The maximum atomic E-state index is 12.7. The number of carbonyl (C=O) groups excluding carboxylic acids is 2. The molecule has 0 saturated heterocycles. The highest BCUT2D eigenvalue weighted by Gasteiger charge is 2.27. The third-order valence-electron chi connectivity index (χ3n) is 5.33. The van der Waals surface area contributed by atoms with Gasteiger partial charge in [-0.25, -0.2) is 0 Å². The lowest BCUT2D eigenvalue weighted by atomic mass is 9.97. The Kier molecular flexibility index (Phi) is 7.66. The molecule has 1 aliphatic rings. The van der Waals surface area contributed by atoms with Gasteiger partial charge in [-0.05, 0) is 42.5 Å². The number of amides is 2. The lowest BCUT2D eigenvalue weighted by Crippen LogP contribution is -2.35. The monoisotopic (exact) mass is 441 g/mol. The number of rotatable bonds is 8.